The molecule has 1 aromatic carbocycles. The topological polar surface area (TPSA) is 15.8 Å². The standard InChI is InChI=1S/C15H19NSe/c1-11-7-8-13-14(9-11)16-10-15(13)17-12-5-3-2-4-6-12/h7-10,12,16H,2-6H2,1H3. The number of nitrogens with one attached hydrogen (secondary N) is 1. The Morgan fingerprint density at radius 1 is 1.18 bits per heavy atom. The van der Waals surface area contributed by atoms with E-state index in [1.54, 1.807) is 4.46 Å². The van der Waals surface area contributed by atoms with E-state index in [4.69, 9.17) is 0 Å². The van der Waals surface area contributed by atoms with Crippen molar-refractivity contribution < 1.29 is 0 Å². The Bertz CT molecular complexity index is 509. The van der Waals surface area contributed by atoms with Gasteiger partial charge in [-0.1, -0.05) is 0 Å². The van der Waals surface area contributed by atoms with Crippen LogP contribution in [0.5, 0.6) is 0 Å². The number of rotatable bonds is 2. The maximum atomic E-state index is 3.43. The van der Waals surface area contributed by atoms with Crippen LogP contribution < -0.4 is 4.46 Å². The fourth-order valence-corrected chi connectivity index (χ4v) is 5.53. The Balaban J connectivity index is 1.84. The van der Waals surface area contributed by atoms with Crippen molar-refractivity contribution in [2.45, 2.75) is 43.8 Å². The Kier molecular flexibility index (Phi) is 3.26. The molecule has 2 heteroatoms. The van der Waals surface area contributed by atoms with Gasteiger partial charge in [-0.2, -0.15) is 0 Å². The van der Waals surface area contributed by atoms with Crippen LogP contribution in [0.3, 0.4) is 0 Å². The van der Waals surface area contributed by atoms with Gasteiger partial charge in [0.25, 0.3) is 0 Å². The van der Waals surface area contributed by atoms with Crippen molar-refractivity contribution in [2.24, 2.45) is 0 Å². The van der Waals surface area contributed by atoms with E-state index in [9.17, 15) is 0 Å². The number of aromatic amines is 1. The molecule has 1 aromatic heterocycles. The van der Waals surface area contributed by atoms with Crippen LogP contribution in [0.2, 0.25) is 4.82 Å². The van der Waals surface area contributed by atoms with Gasteiger partial charge in [-0.25, -0.2) is 0 Å². The molecule has 0 bridgehead atoms. The molecule has 17 heavy (non-hydrogen) atoms. The van der Waals surface area contributed by atoms with Crippen LogP contribution in [0.25, 0.3) is 10.9 Å². The molecule has 1 aliphatic carbocycles. The predicted octanol–water partition coefficient (Wildman–Crippen LogP) is 3.56. The molecule has 1 fully saturated rings. The first-order valence-corrected chi connectivity index (χ1v) is 8.42. The Hall–Kier alpha value is -0.721. The van der Waals surface area contributed by atoms with Gasteiger partial charge < -0.3 is 0 Å². The minimum absolute atomic E-state index is 0.661. The van der Waals surface area contributed by atoms with Crippen LogP contribution >= 0.6 is 0 Å². The van der Waals surface area contributed by atoms with Crippen molar-refractivity contribution in [3.8, 4) is 0 Å². The van der Waals surface area contributed by atoms with Crippen LogP contribution in [0.4, 0.5) is 0 Å². The van der Waals surface area contributed by atoms with Crippen LogP contribution in [-0.2, 0) is 0 Å². The Labute approximate surface area is 109 Å². The van der Waals surface area contributed by atoms with Crippen LogP contribution in [0, 0.1) is 6.92 Å². The quantitative estimate of drug-likeness (QED) is 0.815. The number of fused-ring (bicyclic) bond motifs is 1. The first kappa shape index (κ1) is 11.4. The maximum absolute atomic E-state index is 3.43. The molecule has 0 spiro atoms. The summed E-state index contributed by atoms with van der Waals surface area (Å²) in [6.07, 6.45) is 9.53. The van der Waals surface area contributed by atoms with Gasteiger partial charge in [-0.3, -0.25) is 0 Å². The van der Waals surface area contributed by atoms with Crippen molar-refractivity contribution in [3.63, 3.8) is 0 Å². The van der Waals surface area contributed by atoms with E-state index in [-0.39, 0.29) is 0 Å². The molecule has 0 amide bonds. The molecule has 0 aliphatic heterocycles. The molecule has 0 atom stereocenters. The summed E-state index contributed by atoms with van der Waals surface area (Å²) in [6, 6.07) is 6.79. The zero-order chi connectivity index (χ0) is 11.7. The second kappa shape index (κ2) is 4.88. The molecule has 1 heterocycles. The fourth-order valence-electron chi connectivity index (χ4n) is 2.67. The third kappa shape index (κ3) is 2.43. The molecule has 1 nitrogen and oxygen atoms in total. The number of benzene rings is 1. The van der Waals surface area contributed by atoms with E-state index in [1.807, 2.05) is 0 Å². The summed E-state index contributed by atoms with van der Waals surface area (Å²) in [7, 11) is 0. The molecule has 90 valence electrons. The van der Waals surface area contributed by atoms with Gasteiger partial charge in [0.1, 0.15) is 0 Å². The van der Waals surface area contributed by atoms with E-state index in [0.717, 1.165) is 4.82 Å². The summed E-state index contributed by atoms with van der Waals surface area (Å²) in [4.78, 5) is 4.42. The summed E-state index contributed by atoms with van der Waals surface area (Å²) in [5, 5.41) is 1.46. The van der Waals surface area contributed by atoms with Gasteiger partial charge in [0.15, 0.2) is 0 Å². The van der Waals surface area contributed by atoms with Crippen molar-refractivity contribution in [2.75, 3.05) is 0 Å². The molecule has 3 rings (SSSR count). The number of H-pyrrole nitrogens is 1. The third-order valence-corrected chi connectivity index (χ3v) is 6.57. The number of aryl methyl sites for hydroxylation is 1. The molecular formula is C15H19NSe. The summed E-state index contributed by atoms with van der Waals surface area (Å²) in [5.41, 5.74) is 2.66. The van der Waals surface area contributed by atoms with E-state index < -0.39 is 0 Å². The molecule has 1 N–H and O–H groups in total. The number of hydrogen-bond donors (Lipinski definition) is 1. The average molecular weight is 292 g/mol. The van der Waals surface area contributed by atoms with Crippen LogP contribution in [0.1, 0.15) is 37.7 Å². The molecule has 1 aliphatic rings. The molecule has 1 saturated carbocycles. The molecular weight excluding hydrogens is 273 g/mol. The zero-order valence-corrected chi connectivity index (χ0v) is 12.0. The molecule has 2 aromatic rings. The second-order valence-corrected chi connectivity index (χ2v) is 7.90. The van der Waals surface area contributed by atoms with Crippen molar-refractivity contribution in [1.82, 2.24) is 4.98 Å². The summed E-state index contributed by atoms with van der Waals surface area (Å²) in [6.45, 7) is 2.16. The number of hydrogen-bond acceptors (Lipinski definition) is 0. The van der Waals surface area contributed by atoms with Crippen LogP contribution in [0.15, 0.2) is 24.4 Å². The molecule has 0 unspecified atom stereocenters. The fraction of sp³-hybridized carbons (Fsp3) is 0.467. The Morgan fingerprint density at radius 3 is 2.82 bits per heavy atom. The minimum atomic E-state index is 0.661. The van der Waals surface area contributed by atoms with Crippen molar-refractivity contribution in [3.05, 3.63) is 30.0 Å². The van der Waals surface area contributed by atoms with Gasteiger partial charge in [0.05, 0.1) is 0 Å². The van der Waals surface area contributed by atoms with Crippen LogP contribution in [-0.4, -0.2) is 19.9 Å². The molecule has 0 radical (unpaired) electrons. The van der Waals surface area contributed by atoms with E-state index in [1.165, 1.54) is 48.6 Å². The van der Waals surface area contributed by atoms with Crippen molar-refractivity contribution >= 4 is 30.3 Å². The monoisotopic (exact) mass is 293 g/mol. The third-order valence-electron chi connectivity index (χ3n) is 3.65. The average Bonchev–Trinajstić information content (AvgIpc) is 2.73. The summed E-state index contributed by atoms with van der Waals surface area (Å²) < 4.78 is 1.58. The van der Waals surface area contributed by atoms with Gasteiger partial charge in [-0.05, 0) is 0 Å². The van der Waals surface area contributed by atoms with Crippen molar-refractivity contribution in [1.29, 1.82) is 0 Å². The van der Waals surface area contributed by atoms with E-state index in [2.05, 4.69) is 36.3 Å². The second-order valence-electron chi connectivity index (χ2n) is 5.08. The normalized spacial score (nSPS) is 17.7. The predicted molar refractivity (Wildman–Crippen MR) is 75.3 cm³/mol. The van der Waals surface area contributed by atoms with E-state index in [0.29, 0.717) is 15.0 Å². The SMILES string of the molecule is Cc1ccc2c([Se]C3CCCCC3)c[nH]c2c1. The van der Waals surface area contributed by atoms with Gasteiger partial charge >= 0.3 is 109 Å². The van der Waals surface area contributed by atoms with Gasteiger partial charge in [0.2, 0.25) is 0 Å². The first-order valence-electron chi connectivity index (χ1n) is 6.57. The summed E-state index contributed by atoms with van der Waals surface area (Å²) in [5.74, 6) is 0. The van der Waals surface area contributed by atoms with Gasteiger partial charge in [-0.15, -0.1) is 0 Å². The summed E-state index contributed by atoms with van der Waals surface area (Å²) >= 11 is 0.661. The first-order chi connectivity index (χ1) is 8.33. The molecule has 0 saturated heterocycles. The zero-order valence-electron chi connectivity index (χ0n) is 10.3. The Morgan fingerprint density at radius 2 is 2.00 bits per heavy atom. The van der Waals surface area contributed by atoms with Gasteiger partial charge in [0, 0.05) is 0 Å². The van der Waals surface area contributed by atoms with E-state index >= 15 is 0 Å². The number of aromatic nitrogens is 1.